The Morgan fingerprint density at radius 3 is 2.23 bits per heavy atom. The Kier molecular flexibility index (Phi) is 8.21. The van der Waals surface area contributed by atoms with E-state index in [1.807, 2.05) is 19.1 Å². The van der Waals surface area contributed by atoms with Crippen LogP contribution in [0.4, 0.5) is 0 Å². The molecule has 0 amide bonds. The summed E-state index contributed by atoms with van der Waals surface area (Å²) in [6.07, 6.45) is 9.97. The van der Waals surface area contributed by atoms with Crippen LogP contribution in [0.1, 0.15) is 65.7 Å². The largest absolute Gasteiger partial charge is 0.481 e. The number of esters is 1. The molecule has 0 spiro atoms. The van der Waals surface area contributed by atoms with E-state index in [-0.39, 0.29) is 12.1 Å². The molecule has 4 nitrogen and oxygen atoms in total. The van der Waals surface area contributed by atoms with Gasteiger partial charge in [-0.25, -0.2) is 0 Å². The summed E-state index contributed by atoms with van der Waals surface area (Å²) in [5, 5.41) is 9.20. The third kappa shape index (κ3) is 6.63. The fraction of sp³-hybridized carbons (Fsp3) is 0.778. The number of carboxylic acids is 1. The number of carboxylic acid groups (broad SMARTS) is 1. The lowest BCUT2D eigenvalue weighted by Crippen LogP contribution is -2.33. The lowest BCUT2D eigenvalue weighted by Gasteiger charge is -2.25. The van der Waals surface area contributed by atoms with Gasteiger partial charge in [-0.3, -0.25) is 9.59 Å². The number of rotatable bonds is 9. The van der Waals surface area contributed by atoms with Crippen molar-refractivity contribution in [2.24, 2.45) is 17.8 Å². The van der Waals surface area contributed by atoms with Crippen molar-refractivity contribution < 1.29 is 19.4 Å². The summed E-state index contributed by atoms with van der Waals surface area (Å²) in [4.78, 5) is 23.4. The molecule has 0 heterocycles. The van der Waals surface area contributed by atoms with Crippen LogP contribution in [0.5, 0.6) is 0 Å². The molecule has 1 aliphatic carbocycles. The smallest absolute Gasteiger partial charge is 0.310 e. The number of aliphatic carboxylic acids is 1. The molecule has 1 N–H and O–H groups in total. The van der Waals surface area contributed by atoms with Crippen molar-refractivity contribution >= 4 is 11.9 Å². The zero-order valence-corrected chi connectivity index (χ0v) is 14.1. The molecule has 0 aromatic heterocycles. The summed E-state index contributed by atoms with van der Waals surface area (Å²) in [6, 6.07) is 0. The Bertz CT molecular complexity index is 387. The molecular formula is C18H30O4. The van der Waals surface area contributed by atoms with Crippen LogP contribution >= 0.6 is 0 Å². The Morgan fingerprint density at radius 1 is 1.05 bits per heavy atom. The van der Waals surface area contributed by atoms with Gasteiger partial charge in [-0.05, 0) is 38.5 Å². The molecule has 0 aromatic carbocycles. The zero-order chi connectivity index (χ0) is 16.5. The molecule has 0 saturated heterocycles. The molecule has 0 saturated carbocycles. The normalized spacial score (nSPS) is 22.5. The summed E-state index contributed by atoms with van der Waals surface area (Å²) in [6.45, 7) is 6.35. The first-order valence-corrected chi connectivity index (χ1v) is 8.50. The number of carbonyl (C=O) groups is 2. The third-order valence-electron chi connectivity index (χ3n) is 4.26. The molecule has 0 fully saturated rings. The summed E-state index contributed by atoms with van der Waals surface area (Å²) in [5.41, 5.74) is 0. The number of hydrogen-bond donors (Lipinski definition) is 1. The predicted octanol–water partition coefficient (Wildman–Crippen LogP) is 4.19. The first-order chi connectivity index (χ1) is 10.4. The fourth-order valence-electron chi connectivity index (χ4n) is 2.85. The van der Waals surface area contributed by atoms with Gasteiger partial charge < -0.3 is 9.84 Å². The highest BCUT2D eigenvalue weighted by Crippen LogP contribution is 2.27. The summed E-state index contributed by atoms with van der Waals surface area (Å²) >= 11 is 0. The van der Waals surface area contributed by atoms with Gasteiger partial charge in [0.2, 0.25) is 0 Å². The van der Waals surface area contributed by atoms with Crippen molar-refractivity contribution in [1.82, 2.24) is 0 Å². The lowest BCUT2D eigenvalue weighted by molar-refractivity contribution is -0.161. The molecule has 126 valence electrons. The molecule has 1 rings (SSSR count). The van der Waals surface area contributed by atoms with Gasteiger partial charge in [0.05, 0.1) is 17.9 Å². The van der Waals surface area contributed by atoms with E-state index in [0.717, 1.165) is 25.2 Å². The maximum atomic E-state index is 12.2. The van der Waals surface area contributed by atoms with Crippen molar-refractivity contribution in [3.05, 3.63) is 12.2 Å². The highest BCUT2D eigenvalue weighted by atomic mass is 16.5. The lowest BCUT2D eigenvalue weighted by atomic mass is 9.83. The van der Waals surface area contributed by atoms with Crippen LogP contribution in [0.25, 0.3) is 0 Å². The van der Waals surface area contributed by atoms with E-state index < -0.39 is 17.8 Å². The quantitative estimate of drug-likeness (QED) is 0.394. The van der Waals surface area contributed by atoms with Gasteiger partial charge >= 0.3 is 11.9 Å². The van der Waals surface area contributed by atoms with Crippen LogP contribution in [0.15, 0.2) is 12.2 Å². The van der Waals surface area contributed by atoms with Crippen molar-refractivity contribution in [1.29, 1.82) is 0 Å². The second kappa shape index (κ2) is 9.65. The fourth-order valence-corrected chi connectivity index (χ4v) is 2.85. The number of hydrogen-bond acceptors (Lipinski definition) is 3. The van der Waals surface area contributed by atoms with Crippen molar-refractivity contribution in [2.75, 3.05) is 0 Å². The molecule has 0 aromatic rings. The number of allylic oxidation sites excluding steroid dienone is 2. The molecular weight excluding hydrogens is 280 g/mol. The summed E-state index contributed by atoms with van der Waals surface area (Å²) in [7, 11) is 0. The van der Waals surface area contributed by atoms with E-state index in [4.69, 9.17) is 4.74 Å². The van der Waals surface area contributed by atoms with Crippen molar-refractivity contribution in [3.8, 4) is 0 Å². The van der Waals surface area contributed by atoms with Crippen LogP contribution < -0.4 is 0 Å². The second-order valence-electron chi connectivity index (χ2n) is 6.77. The van der Waals surface area contributed by atoms with E-state index >= 15 is 0 Å². The second-order valence-corrected chi connectivity index (χ2v) is 6.77. The first kappa shape index (κ1) is 18.7. The van der Waals surface area contributed by atoms with Gasteiger partial charge in [0.15, 0.2) is 0 Å². The predicted molar refractivity (Wildman–Crippen MR) is 86.5 cm³/mol. The summed E-state index contributed by atoms with van der Waals surface area (Å²) in [5.74, 6) is -1.71. The zero-order valence-electron chi connectivity index (χ0n) is 14.1. The first-order valence-electron chi connectivity index (χ1n) is 8.50. The van der Waals surface area contributed by atoms with Crippen LogP contribution in [0, 0.1) is 17.8 Å². The number of carbonyl (C=O) groups excluding carboxylic acids is 1. The molecule has 4 heteroatoms. The van der Waals surface area contributed by atoms with E-state index in [1.165, 1.54) is 12.8 Å². The average molecular weight is 310 g/mol. The van der Waals surface area contributed by atoms with Gasteiger partial charge in [0.1, 0.15) is 0 Å². The SMILES string of the molecule is CC(C)CCCCCC(C)OC(=O)C1CC=CCC1C(=O)O. The molecule has 0 bridgehead atoms. The number of unbranched alkanes of at least 4 members (excludes halogenated alkanes) is 2. The van der Waals surface area contributed by atoms with Gasteiger partial charge in [0, 0.05) is 0 Å². The van der Waals surface area contributed by atoms with Crippen LogP contribution in [0.3, 0.4) is 0 Å². The monoisotopic (exact) mass is 310 g/mol. The highest BCUT2D eigenvalue weighted by molar-refractivity contribution is 5.81. The van der Waals surface area contributed by atoms with Crippen molar-refractivity contribution in [3.63, 3.8) is 0 Å². The molecule has 22 heavy (non-hydrogen) atoms. The molecule has 0 aliphatic heterocycles. The van der Waals surface area contributed by atoms with Crippen molar-refractivity contribution in [2.45, 2.75) is 71.8 Å². The Labute approximate surface area is 133 Å². The maximum absolute atomic E-state index is 12.2. The standard InChI is InChI=1S/C18H30O4/c1-13(2)9-5-4-6-10-14(3)22-18(21)16-12-8-7-11-15(16)17(19)20/h7-8,13-16H,4-6,9-12H2,1-3H3,(H,19,20). The Balaban J connectivity index is 2.31. The maximum Gasteiger partial charge on any atom is 0.310 e. The van der Waals surface area contributed by atoms with E-state index in [0.29, 0.717) is 12.8 Å². The Hall–Kier alpha value is -1.32. The van der Waals surface area contributed by atoms with Gasteiger partial charge in [-0.1, -0.05) is 45.3 Å². The van der Waals surface area contributed by atoms with Crippen LogP contribution in [0.2, 0.25) is 0 Å². The van der Waals surface area contributed by atoms with Gasteiger partial charge in [0.25, 0.3) is 0 Å². The summed E-state index contributed by atoms with van der Waals surface area (Å²) < 4.78 is 5.46. The van der Waals surface area contributed by atoms with E-state index in [1.54, 1.807) is 0 Å². The Morgan fingerprint density at radius 2 is 1.64 bits per heavy atom. The molecule has 3 atom stereocenters. The van der Waals surface area contributed by atoms with E-state index in [2.05, 4.69) is 13.8 Å². The van der Waals surface area contributed by atoms with Gasteiger partial charge in [-0.15, -0.1) is 0 Å². The van der Waals surface area contributed by atoms with Crippen LogP contribution in [-0.4, -0.2) is 23.1 Å². The molecule has 0 radical (unpaired) electrons. The van der Waals surface area contributed by atoms with Gasteiger partial charge in [-0.2, -0.15) is 0 Å². The third-order valence-corrected chi connectivity index (χ3v) is 4.26. The minimum atomic E-state index is -0.910. The number of ether oxygens (including phenoxy) is 1. The highest BCUT2D eigenvalue weighted by Gasteiger charge is 2.35. The minimum absolute atomic E-state index is 0.132. The van der Waals surface area contributed by atoms with E-state index in [9.17, 15) is 14.7 Å². The topological polar surface area (TPSA) is 63.6 Å². The van der Waals surface area contributed by atoms with Crippen LogP contribution in [-0.2, 0) is 14.3 Å². The minimum Gasteiger partial charge on any atom is -0.481 e. The molecule has 1 aliphatic rings. The molecule has 3 unspecified atom stereocenters. The average Bonchev–Trinajstić information content (AvgIpc) is 2.46.